The highest BCUT2D eigenvalue weighted by molar-refractivity contribution is 7.13. The number of benzene rings is 1. The van der Waals surface area contributed by atoms with Crippen molar-refractivity contribution in [3.8, 4) is 22.4 Å². The van der Waals surface area contributed by atoms with Crippen LogP contribution >= 0.6 is 22.9 Å². The molecule has 10 heteroatoms. The minimum Gasteiger partial charge on any atom is -0.486 e. The first-order valence-electron chi connectivity index (χ1n) is 11.2. The molecule has 0 atom stereocenters. The zero-order chi connectivity index (χ0) is 26.1. The van der Waals surface area contributed by atoms with Gasteiger partial charge in [0, 0.05) is 34.1 Å². The summed E-state index contributed by atoms with van der Waals surface area (Å²) in [6.07, 6.45) is 2.81. The second-order valence-corrected chi connectivity index (χ2v) is 9.75. The van der Waals surface area contributed by atoms with Crippen molar-refractivity contribution in [2.45, 2.75) is 27.0 Å². The summed E-state index contributed by atoms with van der Waals surface area (Å²) in [7, 11) is 0. The molecule has 1 aromatic carbocycles. The van der Waals surface area contributed by atoms with Crippen LogP contribution in [0.2, 0.25) is 5.02 Å². The molecular weight excluding hydrogens is 513 g/mol. The molecule has 184 valence electrons. The summed E-state index contributed by atoms with van der Waals surface area (Å²) in [6.45, 7) is 3.87. The zero-order valence-corrected chi connectivity index (χ0v) is 21.4. The van der Waals surface area contributed by atoms with E-state index >= 15 is 0 Å². The van der Waals surface area contributed by atoms with Crippen LogP contribution in [0.5, 0.6) is 5.75 Å². The second-order valence-electron chi connectivity index (χ2n) is 8.36. The quantitative estimate of drug-likeness (QED) is 0.274. The zero-order valence-electron chi connectivity index (χ0n) is 19.8. The van der Waals surface area contributed by atoms with Gasteiger partial charge in [-0.15, -0.1) is 0 Å². The molecule has 0 N–H and O–H groups in total. The normalized spacial score (nSPS) is 11.0. The molecule has 0 saturated carbocycles. The van der Waals surface area contributed by atoms with Crippen molar-refractivity contribution in [1.82, 2.24) is 19.5 Å². The molecule has 0 radical (unpaired) electrons. The number of ether oxygens (including phenoxy) is 1. The first-order valence-corrected chi connectivity index (χ1v) is 12.4. The number of fused-ring (bicyclic) bond motifs is 1. The van der Waals surface area contributed by atoms with Gasteiger partial charge in [0.1, 0.15) is 34.5 Å². The molecule has 37 heavy (non-hydrogen) atoms. The highest BCUT2D eigenvalue weighted by atomic mass is 35.5. The monoisotopic (exact) mass is 531 g/mol. The summed E-state index contributed by atoms with van der Waals surface area (Å²) in [5.74, 6) is 0.519. The van der Waals surface area contributed by atoms with E-state index < -0.39 is 5.56 Å². The molecule has 4 heterocycles. The maximum atomic E-state index is 13.7. The average molecular weight is 532 g/mol. The lowest BCUT2D eigenvalue weighted by Gasteiger charge is -2.16. The summed E-state index contributed by atoms with van der Waals surface area (Å²) < 4.78 is 21.3. The standard InChI is InChI=1S/C27H19ClFN5O2S/c1-15-9-19(26-31-12-24(29)37-26)18-6-3-7-23(25(18)33-15)36-14-20-21(28)10-16(2)32-22(20)13-34-8-4-5-17(11-30)27(34)35/h3-10,12H,13-14H2,1-2H3. The topological polar surface area (TPSA) is 93.7 Å². The third kappa shape index (κ3) is 4.94. The van der Waals surface area contributed by atoms with Gasteiger partial charge in [-0.05, 0) is 44.2 Å². The summed E-state index contributed by atoms with van der Waals surface area (Å²) in [5.41, 5.74) is 3.64. The van der Waals surface area contributed by atoms with E-state index in [-0.39, 0.29) is 23.8 Å². The van der Waals surface area contributed by atoms with Crippen LogP contribution < -0.4 is 10.3 Å². The molecular formula is C27H19ClFN5O2S. The number of para-hydroxylation sites is 1. The molecule has 5 rings (SSSR count). The smallest absolute Gasteiger partial charge is 0.268 e. The third-order valence-electron chi connectivity index (χ3n) is 5.75. The van der Waals surface area contributed by atoms with Crippen LogP contribution in [-0.4, -0.2) is 19.5 Å². The van der Waals surface area contributed by atoms with Gasteiger partial charge in [-0.25, -0.2) is 9.97 Å². The molecule has 5 aromatic rings. The first-order chi connectivity index (χ1) is 17.8. The third-order valence-corrected chi connectivity index (χ3v) is 6.91. The Bertz CT molecular complexity index is 1760. The molecule has 0 fully saturated rings. The fourth-order valence-corrected chi connectivity index (χ4v) is 5.08. The SMILES string of the molecule is Cc1cc(Cl)c(COc2cccc3c(-c4ncc(F)s4)cc(C)nc23)c(Cn2cccc(C#N)c2=O)n1. The maximum absolute atomic E-state index is 13.7. The Morgan fingerprint density at radius 2 is 1.97 bits per heavy atom. The van der Waals surface area contributed by atoms with Gasteiger partial charge in [-0.1, -0.05) is 35.1 Å². The van der Waals surface area contributed by atoms with Gasteiger partial charge in [0.05, 0.1) is 23.5 Å². The molecule has 0 unspecified atom stereocenters. The molecule has 0 saturated heterocycles. The number of hydrogen-bond acceptors (Lipinski definition) is 7. The van der Waals surface area contributed by atoms with Crippen LogP contribution in [-0.2, 0) is 13.2 Å². The predicted octanol–water partition coefficient (Wildman–Crippen LogP) is 5.82. The maximum Gasteiger partial charge on any atom is 0.268 e. The number of aryl methyl sites for hydroxylation is 2. The number of nitriles is 1. The van der Waals surface area contributed by atoms with Gasteiger partial charge in [0.2, 0.25) is 0 Å². The van der Waals surface area contributed by atoms with E-state index in [9.17, 15) is 14.4 Å². The minimum absolute atomic E-state index is 0.0483. The van der Waals surface area contributed by atoms with E-state index in [4.69, 9.17) is 16.3 Å². The molecule has 7 nitrogen and oxygen atoms in total. The Balaban J connectivity index is 1.52. The van der Waals surface area contributed by atoms with Crippen LogP contribution in [0.1, 0.15) is 28.2 Å². The Hall–Kier alpha value is -4.13. The van der Waals surface area contributed by atoms with Crippen molar-refractivity contribution in [3.63, 3.8) is 0 Å². The number of pyridine rings is 3. The van der Waals surface area contributed by atoms with Crippen molar-refractivity contribution in [2.75, 3.05) is 0 Å². The highest BCUT2D eigenvalue weighted by Gasteiger charge is 2.17. The molecule has 0 aliphatic carbocycles. The van der Waals surface area contributed by atoms with Crippen molar-refractivity contribution < 1.29 is 9.13 Å². The second kappa shape index (κ2) is 10.1. The van der Waals surface area contributed by atoms with Crippen LogP contribution in [0.4, 0.5) is 4.39 Å². The lowest BCUT2D eigenvalue weighted by molar-refractivity contribution is 0.307. The minimum atomic E-state index is -0.406. The fourth-order valence-electron chi connectivity index (χ4n) is 4.08. The Labute approximate surface area is 220 Å². The predicted molar refractivity (Wildman–Crippen MR) is 140 cm³/mol. The summed E-state index contributed by atoms with van der Waals surface area (Å²) in [6, 6.07) is 14.2. The van der Waals surface area contributed by atoms with E-state index in [2.05, 4.69) is 15.0 Å². The number of rotatable bonds is 6. The number of thiazole rings is 1. The van der Waals surface area contributed by atoms with Crippen molar-refractivity contribution >= 4 is 33.8 Å². The molecule has 0 aliphatic rings. The number of nitrogens with zero attached hydrogens (tertiary/aromatic N) is 5. The van der Waals surface area contributed by atoms with E-state index in [1.54, 1.807) is 24.4 Å². The Morgan fingerprint density at radius 3 is 2.73 bits per heavy atom. The van der Waals surface area contributed by atoms with Crippen LogP contribution in [0.3, 0.4) is 0 Å². The van der Waals surface area contributed by atoms with Crippen molar-refractivity contribution in [3.05, 3.63) is 104 Å². The first kappa shape index (κ1) is 24.6. The largest absolute Gasteiger partial charge is 0.486 e. The van der Waals surface area contributed by atoms with Gasteiger partial charge in [0.15, 0.2) is 5.13 Å². The lowest BCUT2D eigenvalue weighted by Crippen LogP contribution is -2.23. The van der Waals surface area contributed by atoms with E-state index in [0.717, 1.165) is 28.0 Å². The van der Waals surface area contributed by atoms with E-state index in [0.29, 0.717) is 38.2 Å². The molecule has 0 amide bonds. The molecule has 0 aliphatic heterocycles. The summed E-state index contributed by atoms with van der Waals surface area (Å²) in [5, 5.41) is 10.6. The van der Waals surface area contributed by atoms with Gasteiger partial charge in [-0.3, -0.25) is 9.78 Å². The van der Waals surface area contributed by atoms with Crippen LogP contribution in [0.25, 0.3) is 21.5 Å². The van der Waals surface area contributed by atoms with Gasteiger partial charge in [0.25, 0.3) is 5.56 Å². The highest BCUT2D eigenvalue weighted by Crippen LogP contribution is 2.35. The molecule has 0 spiro atoms. The van der Waals surface area contributed by atoms with Gasteiger partial charge in [-0.2, -0.15) is 9.65 Å². The van der Waals surface area contributed by atoms with Crippen LogP contribution in [0.15, 0.2) is 59.7 Å². The van der Waals surface area contributed by atoms with E-state index in [1.807, 2.05) is 38.1 Å². The Kier molecular flexibility index (Phi) is 6.70. The van der Waals surface area contributed by atoms with E-state index in [1.165, 1.54) is 16.8 Å². The molecule has 4 aromatic heterocycles. The average Bonchev–Trinajstić information content (AvgIpc) is 3.30. The van der Waals surface area contributed by atoms with Gasteiger partial charge >= 0.3 is 0 Å². The lowest BCUT2D eigenvalue weighted by atomic mass is 10.1. The van der Waals surface area contributed by atoms with Crippen molar-refractivity contribution in [2.24, 2.45) is 0 Å². The number of hydrogen-bond donors (Lipinski definition) is 0. The van der Waals surface area contributed by atoms with Gasteiger partial charge < -0.3 is 9.30 Å². The molecule has 0 bridgehead atoms. The number of aromatic nitrogens is 4. The fraction of sp³-hybridized carbons (Fsp3) is 0.148. The Morgan fingerprint density at radius 1 is 1.16 bits per heavy atom. The van der Waals surface area contributed by atoms with Crippen molar-refractivity contribution in [1.29, 1.82) is 5.26 Å². The van der Waals surface area contributed by atoms with Crippen LogP contribution in [0, 0.1) is 30.3 Å². The number of halogens is 2. The summed E-state index contributed by atoms with van der Waals surface area (Å²) in [4.78, 5) is 26.1. The summed E-state index contributed by atoms with van der Waals surface area (Å²) >= 11 is 7.57.